The van der Waals surface area contributed by atoms with Gasteiger partial charge in [0.25, 0.3) is 0 Å². The van der Waals surface area contributed by atoms with E-state index in [-0.39, 0.29) is 17.0 Å². The monoisotopic (exact) mass is 332 g/mol. The van der Waals surface area contributed by atoms with Crippen LogP contribution in [0.25, 0.3) is 0 Å². The van der Waals surface area contributed by atoms with E-state index in [1.165, 1.54) is 0 Å². The number of hydrogen-bond acceptors (Lipinski definition) is 5. The minimum absolute atomic E-state index is 0. The van der Waals surface area contributed by atoms with Crippen molar-refractivity contribution in [1.82, 2.24) is 0 Å². The molecule has 4 N–H and O–H groups in total. The van der Waals surface area contributed by atoms with Gasteiger partial charge in [0, 0.05) is 0 Å². The van der Waals surface area contributed by atoms with E-state index in [1.54, 1.807) is 0 Å². The van der Waals surface area contributed by atoms with Crippen molar-refractivity contribution < 1.29 is 13.6 Å². The summed E-state index contributed by atoms with van der Waals surface area (Å²) in [5, 5.41) is 0. The first-order chi connectivity index (χ1) is 7.31. The number of nitrogens with two attached hydrogens (primary N) is 2. The van der Waals surface area contributed by atoms with Gasteiger partial charge in [0.05, 0.1) is 0 Å². The molecule has 106 valence electrons. The Morgan fingerprint density at radius 3 is 1.47 bits per heavy atom. The highest BCUT2D eigenvalue weighted by molar-refractivity contribution is 8.93. The Kier molecular flexibility index (Phi) is 12.2. The summed E-state index contributed by atoms with van der Waals surface area (Å²) >= 11 is 0. The molecule has 0 aromatic carbocycles. The summed E-state index contributed by atoms with van der Waals surface area (Å²) in [6.07, 6.45) is 0.216. The van der Waals surface area contributed by atoms with Gasteiger partial charge in [-0.25, -0.2) is 0 Å². The van der Waals surface area contributed by atoms with Gasteiger partial charge in [-0.05, 0) is 24.7 Å². The van der Waals surface area contributed by atoms with E-state index in [0.29, 0.717) is 24.7 Å². The lowest BCUT2D eigenvalue weighted by molar-refractivity contribution is 0.114. The van der Waals surface area contributed by atoms with Gasteiger partial charge in [-0.15, -0.1) is 17.0 Å². The van der Waals surface area contributed by atoms with Crippen molar-refractivity contribution in [3.05, 3.63) is 0 Å². The Morgan fingerprint density at radius 1 is 0.941 bits per heavy atom. The van der Waals surface area contributed by atoms with Crippen molar-refractivity contribution in [2.45, 2.75) is 53.0 Å². The lowest BCUT2D eigenvalue weighted by atomic mass is 10.1. The predicted molar refractivity (Wildman–Crippen MR) is 76.4 cm³/mol. The molecule has 0 amide bonds. The summed E-state index contributed by atoms with van der Waals surface area (Å²) in [5.41, 5.74) is 11.3. The second kappa shape index (κ2) is 10.5. The molecule has 0 aliphatic heterocycles. The van der Waals surface area contributed by atoms with E-state index in [2.05, 4.69) is 0 Å². The van der Waals surface area contributed by atoms with Crippen LogP contribution in [0.2, 0.25) is 0 Å². The van der Waals surface area contributed by atoms with Crippen molar-refractivity contribution in [3.63, 3.8) is 0 Å². The van der Waals surface area contributed by atoms with E-state index in [9.17, 15) is 4.57 Å². The maximum absolute atomic E-state index is 11.4. The molecule has 17 heavy (non-hydrogen) atoms. The van der Waals surface area contributed by atoms with Gasteiger partial charge in [-0.2, -0.15) is 0 Å². The summed E-state index contributed by atoms with van der Waals surface area (Å²) in [4.78, 5) is 0. The molecule has 0 radical (unpaired) electrons. The fourth-order valence-electron chi connectivity index (χ4n) is 1.30. The van der Waals surface area contributed by atoms with Crippen molar-refractivity contribution in [3.8, 4) is 0 Å². The first-order valence-corrected chi connectivity index (χ1v) is 6.92. The summed E-state index contributed by atoms with van der Waals surface area (Å²) in [7, 11) is -2.58. The predicted octanol–water partition coefficient (Wildman–Crippen LogP) is 2.65. The van der Waals surface area contributed by atoms with E-state index >= 15 is 0 Å². The third-order valence-electron chi connectivity index (χ3n) is 1.90. The molecule has 0 aromatic heterocycles. The smallest absolute Gasteiger partial charge is 0.306 e. The molecule has 2 atom stereocenters. The molecule has 0 spiro atoms. The lowest BCUT2D eigenvalue weighted by Crippen LogP contribution is -2.26. The normalized spacial score (nSPS) is 16.7. The SMILES string of the molecule is Br.CC(C)CC(N)O[PH](=O)OC(N)CC(C)C. The second-order valence-corrected chi connectivity index (χ2v) is 5.79. The third-order valence-corrected chi connectivity index (χ3v) is 2.89. The molecular weight excluding hydrogens is 307 g/mol. The summed E-state index contributed by atoms with van der Waals surface area (Å²) in [6.45, 7) is 8.08. The zero-order valence-corrected chi connectivity index (χ0v) is 13.7. The first-order valence-electron chi connectivity index (χ1n) is 5.69. The van der Waals surface area contributed by atoms with Crippen LogP contribution in [0.3, 0.4) is 0 Å². The van der Waals surface area contributed by atoms with Crippen LogP contribution in [-0.2, 0) is 13.6 Å². The molecule has 0 aliphatic carbocycles. The Morgan fingerprint density at radius 2 is 1.24 bits per heavy atom. The highest BCUT2D eigenvalue weighted by Crippen LogP contribution is 2.28. The van der Waals surface area contributed by atoms with Gasteiger partial charge in [0.15, 0.2) is 0 Å². The van der Waals surface area contributed by atoms with Gasteiger partial charge >= 0.3 is 8.25 Å². The molecule has 0 rings (SSSR count). The fraction of sp³-hybridized carbons (Fsp3) is 1.00. The second-order valence-electron chi connectivity index (χ2n) is 4.82. The van der Waals surface area contributed by atoms with Crippen LogP contribution in [0, 0.1) is 11.8 Å². The lowest BCUT2D eigenvalue weighted by Gasteiger charge is -2.18. The molecule has 2 unspecified atom stereocenters. The Balaban J connectivity index is 0. The van der Waals surface area contributed by atoms with Crippen LogP contribution < -0.4 is 11.5 Å². The summed E-state index contributed by atoms with van der Waals surface area (Å²) < 4.78 is 21.5. The molecule has 0 fully saturated rings. The largest absolute Gasteiger partial charge is 0.322 e. The van der Waals surface area contributed by atoms with Crippen molar-refractivity contribution in [2.24, 2.45) is 23.3 Å². The van der Waals surface area contributed by atoms with Crippen LogP contribution in [-0.4, -0.2) is 12.5 Å². The van der Waals surface area contributed by atoms with Gasteiger partial charge in [0.1, 0.15) is 12.5 Å². The Hall–Kier alpha value is 0.550. The maximum atomic E-state index is 11.4. The third kappa shape index (κ3) is 12.8. The number of rotatable bonds is 8. The van der Waals surface area contributed by atoms with Gasteiger partial charge < -0.3 is 11.5 Å². The van der Waals surface area contributed by atoms with E-state index < -0.39 is 20.7 Å². The molecule has 0 aliphatic rings. The highest BCUT2D eigenvalue weighted by atomic mass is 79.9. The molecule has 0 saturated carbocycles. The molecule has 7 heteroatoms. The number of halogens is 1. The maximum Gasteiger partial charge on any atom is 0.322 e. The van der Waals surface area contributed by atoms with Crippen LogP contribution in [0.4, 0.5) is 0 Å². The Bertz CT molecular complexity index is 198. The van der Waals surface area contributed by atoms with Crippen LogP contribution in [0.5, 0.6) is 0 Å². The zero-order chi connectivity index (χ0) is 12.7. The van der Waals surface area contributed by atoms with Gasteiger partial charge in [-0.3, -0.25) is 13.6 Å². The average molecular weight is 333 g/mol. The van der Waals surface area contributed by atoms with E-state index in [4.69, 9.17) is 20.5 Å². The molecule has 5 nitrogen and oxygen atoms in total. The van der Waals surface area contributed by atoms with Gasteiger partial charge in [-0.1, -0.05) is 27.7 Å². The summed E-state index contributed by atoms with van der Waals surface area (Å²) in [5.74, 6) is 0.795. The van der Waals surface area contributed by atoms with Crippen molar-refractivity contribution >= 4 is 25.2 Å². The fourth-order valence-corrected chi connectivity index (χ4v) is 2.04. The average Bonchev–Trinajstić information content (AvgIpc) is 1.97. The molecule has 0 aromatic rings. The van der Waals surface area contributed by atoms with E-state index in [1.807, 2.05) is 27.7 Å². The first kappa shape index (κ1) is 19.9. The zero-order valence-electron chi connectivity index (χ0n) is 11.0. The minimum atomic E-state index is -2.58. The minimum Gasteiger partial charge on any atom is -0.306 e. The van der Waals surface area contributed by atoms with Crippen molar-refractivity contribution in [1.29, 1.82) is 0 Å². The molecule has 0 bridgehead atoms. The molecule has 0 heterocycles. The van der Waals surface area contributed by atoms with Gasteiger partial charge in [0.2, 0.25) is 0 Å². The topological polar surface area (TPSA) is 87.6 Å². The highest BCUT2D eigenvalue weighted by Gasteiger charge is 2.14. The van der Waals surface area contributed by atoms with Crippen LogP contribution in [0.1, 0.15) is 40.5 Å². The molecule has 0 saturated heterocycles. The van der Waals surface area contributed by atoms with Crippen molar-refractivity contribution in [2.75, 3.05) is 0 Å². The van der Waals surface area contributed by atoms with Crippen LogP contribution in [0.15, 0.2) is 0 Å². The summed E-state index contributed by atoms with van der Waals surface area (Å²) in [6, 6.07) is 0. The quantitative estimate of drug-likeness (QED) is 0.527. The molecular formula is C10H26BrN2O3P. The Labute approximate surface area is 115 Å². The van der Waals surface area contributed by atoms with E-state index in [0.717, 1.165) is 0 Å². The number of hydrogen-bond donors (Lipinski definition) is 2. The van der Waals surface area contributed by atoms with Crippen LogP contribution >= 0.6 is 25.2 Å². The standard InChI is InChI=1S/C10H25N2O3P.BrH/c1-7(2)5-9(11)14-16(13)15-10(12)6-8(3)4;/h7-10,16H,5-6,11-12H2,1-4H3;1H.